The first-order valence-electron chi connectivity index (χ1n) is 8.51. The van der Waals surface area contributed by atoms with E-state index in [-0.39, 0.29) is 11.5 Å². The smallest absolute Gasteiger partial charge is 0.335 e. The molecule has 2 aromatic carbocycles. The molecule has 3 N–H and O–H groups in total. The lowest BCUT2D eigenvalue weighted by atomic mass is 10.1. The second-order valence-electron chi connectivity index (χ2n) is 5.89. The van der Waals surface area contributed by atoms with Crippen molar-refractivity contribution in [3.05, 3.63) is 65.2 Å². The predicted octanol–water partition coefficient (Wildman–Crippen LogP) is 3.46. The molecule has 2 aromatic rings. The van der Waals surface area contributed by atoms with Crippen molar-refractivity contribution in [2.45, 2.75) is 32.7 Å². The second kappa shape index (κ2) is 9.59. The summed E-state index contributed by atoms with van der Waals surface area (Å²) in [6.45, 7) is 3.29. The third-order valence-corrected chi connectivity index (χ3v) is 3.86. The van der Waals surface area contributed by atoms with Gasteiger partial charge in [0.25, 0.3) is 0 Å². The predicted molar refractivity (Wildman–Crippen MR) is 98.8 cm³/mol. The van der Waals surface area contributed by atoms with Gasteiger partial charge in [0.15, 0.2) is 0 Å². The number of anilines is 1. The Hall–Kier alpha value is -2.66. The average molecular weight is 340 g/mol. The third-order valence-electron chi connectivity index (χ3n) is 3.86. The van der Waals surface area contributed by atoms with Gasteiger partial charge in [0.05, 0.1) is 5.56 Å². The van der Waals surface area contributed by atoms with Crippen LogP contribution in [-0.4, -0.2) is 23.5 Å². The highest BCUT2D eigenvalue weighted by Gasteiger charge is 2.11. The van der Waals surface area contributed by atoms with Crippen LogP contribution in [-0.2, 0) is 17.8 Å². The Morgan fingerprint density at radius 3 is 2.52 bits per heavy atom. The standard InChI is InChI=1S/C20H24N2O3/c1-2-6-19(23)22-18-13-16(20(24)25)9-10-17(18)14-21-12-11-15-7-4-3-5-8-15/h3-5,7-10,13,21H,2,6,11-12,14H2,1H3,(H,22,23)(H,24,25). The summed E-state index contributed by atoms with van der Waals surface area (Å²) in [6, 6.07) is 15.0. The molecule has 0 spiro atoms. The van der Waals surface area contributed by atoms with Gasteiger partial charge in [-0.1, -0.05) is 43.3 Å². The van der Waals surface area contributed by atoms with Crippen molar-refractivity contribution in [1.29, 1.82) is 0 Å². The number of rotatable bonds is 9. The van der Waals surface area contributed by atoms with E-state index < -0.39 is 5.97 Å². The molecule has 0 aliphatic carbocycles. The van der Waals surface area contributed by atoms with Crippen LogP contribution in [0, 0.1) is 0 Å². The molecule has 0 heterocycles. The minimum absolute atomic E-state index is 0.101. The zero-order valence-corrected chi connectivity index (χ0v) is 14.4. The number of carbonyl (C=O) groups excluding carboxylic acids is 1. The number of carboxylic acids is 1. The van der Waals surface area contributed by atoms with Gasteiger partial charge in [0, 0.05) is 18.7 Å². The fourth-order valence-corrected chi connectivity index (χ4v) is 2.52. The van der Waals surface area contributed by atoms with Gasteiger partial charge < -0.3 is 15.7 Å². The molecule has 0 radical (unpaired) electrons. The van der Waals surface area contributed by atoms with Crippen LogP contribution in [0.2, 0.25) is 0 Å². The lowest BCUT2D eigenvalue weighted by molar-refractivity contribution is -0.116. The van der Waals surface area contributed by atoms with Crippen LogP contribution in [0.3, 0.4) is 0 Å². The van der Waals surface area contributed by atoms with Gasteiger partial charge in [-0.15, -0.1) is 0 Å². The van der Waals surface area contributed by atoms with E-state index in [4.69, 9.17) is 5.11 Å². The van der Waals surface area contributed by atoms with Crippen LogP contribution in [0.4, 0.5) is 5.69 Å². The Labute approximate surface area is 148 Å². The van der Waals surface area contributed by atoms with Crippen LogP contribution < -0.4 is 10.6 Å². The third kappa shape index (κ3) is 6.04. The lowest BCUT2D eigenvalue weighted by Gasteiger charge is -2.13. The molecule has 1 amide bonds. The normalized spacial score (nSPS) is 10.4. The summed E-state index contributed by atoms with van der Waals surface area (Å²) in [6.07, 6.45) is 2.07. The average Bonchev–Trinajstić information content (AvgIpc) is 2.60. The number of carbonyl (C=O) groups is 2. The Bertz CT molecular complexity index is 714. The minimum atomic E-state index is -1.01. The first-order valence-corrected chi connectivity index (χ1v) is 8.51. The zero-order chi connectivity index (χ0) is 18.1. The van der Waals surface area contributed by atoms with Gasteiger partial charge in [-0.2, -0.15) is 0 Å². The summed E-state index contributed by atoms with van der Waals surface area (Å²) in [5, 5.41) is 15.3. The summed E-state index contributed by atoms with van der Waals surface area (Å²) in [7, 11) is 0. The van der Waals surface area contributed by atoms with Crippen LogP contribution >= 0.6 is 0 Å². The fraction of sp³-hybridized carbons (Fsp3) is 0.300. The molecule has 0 saturated carbocycles. The molecule has 0 bridgehead atoms. The van der Waals surface area contributed by atoms with Crippen molar-refractivity contribution in [1.82, 2.24) is 5.32 Å². The molecule has 0 atom stereocenters. The van der Waals surface area contributed by atoms with Crippen molar-refractivity contribution in [2.24, 2.45) is 0 Å². The van der Waals surface area contributed by atoms with E-state index in [1.54, 1.807) is 12.1 Å². The van der Waals surface area contributed by atoms with Crippen molar-refractivity contribution in [3.63, 3.8) is 0 Å². The summed E-state index contributed by atoms with van der Waals surface area (Å²) in [5.74, 6) is -1.11. The Morgan fingerprint density at radius 2 is 1.84 bits per heavy atom. The SMILES string of the molecule is CCCC(=O)Nc1cc(C(=O)O)ccc1CNCCc1ccccc1. The van der Waals surface area contributed by atoms with Crippen LogP contribution in [0.15, 0.2) is 48.5 Å². The maximum atomic E-state index is 11.9. The molecule has 0 aliphatic heterocycles. The molecule has 132 valence electrons. The summed E-state index contributed by atoms with van der Waals surface area (Å²) in [4.78, 5) is 23.0. The Morgan fingerprint density at radius 1 is 1.08 bits per heavy atom. The number of nitrogens with one attached hydrogen (secondary N) is 2. The molecule has 0 aromatic heterocycles. The number of hydrogen-bond acceptors (Lipinski definition) is 3. The minimum Gasteiger partial charge on any atom is -0.478 e. The number of aromatic carboxylic acids is 1. The summed E-state index contributed by atoms with van der Waals surface area (Å²) >= 11 is 0. The van der Waals surface area contributed by atoms with Crippen molar-refractivity contribution in [3.8, 4) is 0 Å². The first kappa shape index (κ1) is 18.7. The van der Waals surface area contributed by atoms with Crippen LogP contribution in [0.5, 0.6) is 0 Å². The molecule has 0 fully saturated rings. The highest BCUT2D eigenvalue weighted by atomic mass is 16.4. The fourth-order valence-electron chi connectivity index (χ4n) is 2.52. The van der Waals surface area contributed by atoms with E-state index >= 15 is 0 Å². The van der Waals surface area contributed by atoms with Gasteiger partial charge in [-0.3, -0.25) is 4.79 Å². The number of benzene rings is 2. The van der Waals surface area contributed by atoms with E-state index in [9.17, 15) is 9.59 Å². The molecule has 5 heteroatoms. The van der Waals surface area contributed by atoms with Gasteiger partial charge >= 0.3 is 5.97 Å². The molecular formula is C20H24N2O3. The van der Waals surface area contributed by atoms with E-state index in [2.05, 4.69) is 22.8 Å². The van der Waals surface area contributed by atoms with Gasteiger partial charge in [-0.25, -0.2) is 4.79 Å². The number of amides is 1. The molecule has 5 nitrogen and oxygen atoms in total. The van der Waals surface area contributed by atoms with Gasteiger partial charge in [-0.05, 0) is 42.6 Å². The molecule has 0 unspecified atom stereocenters. The first-order chi connectivity index (χ1) is 12.1. The zero-order valence-electron chi connectivity index (χ0n) is 14.4. The van der Waals surface area contributed by atoms with Gasteiger partial charge in [0.2, 0.25) is 5.91 Å². The van der Waals surface area contributed by atoms with E-state index in [1.807, 2.05) is 25.1 Å². The van der Waals surface area contributed by atoms with Gasteiger partial charge in [0.1, 0.15) is 0 Å². The maximum Gasteiger partial charge on any atom is 0.335 e. The van der Waals surface area contributed by atoms with E-state index in [0.717, 1.165) is 24.9 Å². The van der Waals surface area contributed by atoms with E-state index in [1.165, 1.54) is 11.6 Å². The number of carboxylic acid groups (broad SMARTS) is 1. The lowest BCUT2D eigenvalue weighted by Crippen LogP contribution is -2.19. The topological polar surface area (TPSA) is 78.4 Å². The number of hydrogen-bond donors (Lipinski definition) is 3. The molecule has 0 saturated heterocycles. The largest absolute Gasteiger partial charge is 0.478 e. The van der Waals surface area contributed by atoms with Crippen molar-refractivity contribution >= 4 is 17.6 Å². The molecule has 25 heavy (non-hydrogen) atoms. The monoisotopic (exact) mass is 340 g/mol. The van der Waals surface area contributed by atoms with E-state index in [0.29, 0.717) is 18.7 Å². The highest BCUT2D eigenvalue weighted by Crippen LogP contribution is 2.19. The summed E-state index contributed by atoms with van der Waals surface area (Å²) < 4.78 is 0. The van der Waals surface area contributed by atoms with Crippen molar-refractivity contribution in [2.75, 3.05) is 11.9 Å². The Balaban J connectivity index is 1.99. The van der Waals surface area contributed by atoms with Crippen molar-refractivity contribution < 1.29 is 14.7 Å². The van der Waals surface area contributed by atoms with Crippen LogP contribution in [0.1, 0.15) is 41.3 Å². The summed E-state index contributed by atoms with van der Waals surface area (Å²) in [5.41, 5.74) is 2.86. The second-order valence-corrected chi connectivity index (χ2v) is 5.89. The molecular weight excluding hydrogens is 316 g/mol. The maximum absolute atomic E-state index is 11.9. The van der Waals surface area contributed by atoms with Crippen LogP contribution in [0.25, 0.3) is 0 Å². The molecule has 2 rings (SSSR count). The molecule has 0 aliphatic rings. The quantitative estimate of drug-likeness (QED) is 0.611. The highest BCUT2D eigenvalue weighted by molar-refractivity contribution is 5.94. The Kier molecular flexibility index (Phi) is 7.16.